The van der Waals surface area contributed by atoms with Crippen molar-refractivity contribution in [1.82, 2.24) is 9.80 Å². The van der Waals surface area contributed by atoms with Crippen molar-refractivity contribution in [3.05, 3.63) is 35.9 Å². The van der Waals surface area contributed by atoms with E-state index in [9.17, 15) is 14.7 Å². The van der Waals surface area contributed by atoms with E-state index in [1.54, 1.807) is 4.90 Å². The Morgan fingerprint density at radius 2 is 2.00 bits per heavy atom. The molecule has 0 aliphatic carbocycles. The van der Waals surface area contributed by atoms with Gasteiger partial charge in [-0.2, -0.15) is 0 Å². The predicted octanol–water partition coefficient (Wildman–Crippen LogP) is 1.66. The summed E-state index contributed by atoms with van der Waals surface area (Å²) < 4.78 is 5.31. The number of ether oxygens (including phenoxy) is 1. The fourth-order valence-electron chi connectivity index (χ4n) is 2.72. The second-order valence-electron chi connectivity index (χ2n) is 5.75. The van der Waals surface area contributed by atoms with Crippen LogP contribution in [0.3, 0.4) is 0 Å². The van der Waals surface area contributed by atoms with Crippen LogP contribution in [0.15, 0.2) is 30.3 Å². The molecule has 2 atom stereocenters. The van der Waals surface area contributed by atoms with Crippen LogP contribution in [-0.4, -0.2) is 60.2 Å². The Morgan fingerprint density at radius 3 is 2.59 bits per heavy atom. The van der Waals surface area contributed by atoms with E-state index in [0.29, 0.717) is 19.5 Å². The quantitative estimate of drug-likeness (QED) is 0.916. The van der Waals surface area contributed by atoms with E-state index in [4.69, 9.17) is 4.74 Å². The van der Waals surface area contributed by atoms with Crippen molar-refractivity contribution in [3.8, 4) is 0 Å². The molecular weight excluding hydrogens is 284 g/mol. The summed E-state index contributed by atoms with van der Waals surface area (Å²) in [6.07, 6.45) is 0.0538. The Bertz CT molecular complexity index is 518. The van der Waals surface area contributed by atoms with Gasteiger partial charge in [-0.1, -0.05) is 30.3 Å². The standard InChI is InChI=1S/C16H22N2O4/c1-17(2)14-10-18(9-8-13(14)15(19)20)16(21)22-11-12-6-4-3-5-7-12/h3-7,13-14H,8-11H2,1-2H3,(H,19,20)/t13-,14+/m0/s1. The van der Waals surface area contributed by atoms with Crippen molar-refractivity contribution in [1.29, 1.82) is 0 Å². The first-order chi connectivity index (χ1) is 10.5. The van der Waals surface area contributed by atoms with E-state index in [2.05, 4.69) is 0 Å². The Kier molecular flexibility index (Phi) is 5.38. The molecule has 1 aliphatic rings. The summed E-state index contributed by atoms with van der Waals surface area (Å²) in [6.45, 7) is 1.01. The molecule has 1 aliphatic heterocycles. The summed E-state index contributed by atoms with van der Waals surface area (Å²) in [6, 6.07) is 9.28. The molecule has 0 saturated carbocycles. The van der Waals surface area contributed by atoms with E-state index in [1.165, 1.54) is 0 Å². The van der Waals surface area contributed by atoms with E-state index in [1.807, 2.05) is 49.3 Å². The minimum absolute atomic E-state index is 0.199. The van der Waals surface area contributed by atoms with Crippen molar-refractivity contribution in [2.24, 2.45) is 5.92 Å². The van der Waals surface area contributed by atoms with Gasteiger partial charge in [-0.05, 0) is 26.1 Å². The third-order valence-corrected chi connectivity index (χ3v) is 4.03. The van der Waals surface area contributed by atoms with Crippen molar-refractivity contribution in [3.63, 3.8) is 0 Å². The zero-order chi connectivity index (χ0) is 16.1. The highest BCUT2D eigenvalue weighted by Crippen LogP contribution is 2.22. The van der Waals surface area contributed by atoms with Gasteiger partial charge >= 0.3 is 12.1 Å². The van der Waals surface area contributed by atoms with E-state index < -0.39 is 11.9 Å². The fourth-order valence-corrected chi connectivity index (χ4v) is 2.72. The number of carboxylic acids is 1. The number of carboxylic acid groups (broad SMARTS) is 1. The van der Waals surface area contributed by atoms with Gasteiger partial charge in [0.1, 0.15) is 6.61 Å². The van der Waals surface area contributed by atoms with Crippen LogP contribution < -0.4 is 0 Å². The van der Waals surface area contributed by atoms with Gasteiger partial charge in [-0.3, -0.25) is 4.79 Å². The average Bonchev–Trinajstić information content (AvgIpc) is 2.52. The lowest BCUT2D eigenvalue weighted by Gasteiger charge is -2.39. The minimum atomic E-state index is -0.809. The first kappa shape index (κ1) is 16.3. The van der Waals surface area contributed by atoms with Gasteiger partial charge in [0.15, 0.2) is 0 Å². The number of likely N-dealkylation sites (N-methyl/N-ethyl adjacent to an activating group) is 1. The summed E-state index contributed by atoms with van der Waals surface area (Å²) in [5, 5.41) is 9.27. The monoisotopic (exact) mass is 306 g/mol. The number of benzene rings is 1. The largest absolute Gasteiger partial charge is 0.481 e. The van der Waals surface area contributed by atoms with Gasteiger partial charge < -0.3 is 19.6 Å². The highest BCUT2D eigenvalue weighted by atomic mass is 16.6. The summed E-state index contributed by atoms with van der Waals surface area (Å²) in [5.41, 5.74) is 0.931. The molecule has 1 N–H and O–H groups in total. The number of carbonyl (C=O) groups is 2. The maximum absolute atomic E-state index is 12.2. The van der Waals surface area contributed by atoms with Gasteiger partial charge in [0.2, 0.25) is 0 Å². The number of aliphatic carboxylic acids is 1. The van der Waals surface area contributed by atoms with Crippen molar-refractivity contribution >= 4 is 12.1 Å². The molecule has 0 radical (unpaired) electrons. The van der Waals surface area contributed by atoms with Gasteiger partial charge in [-0.25, -0.2) is 4.79 Å². The number of piperidine rings is 1. The first-order valence-electron chi connectivity index (χ1n) is 7.34. The average molecular weight is 306 g/mol. The van der Waals surface area contributed by atoms with Gasteiger partial charge in [-0.15, -0.1) is 0 Å². The molecule has 1 fully saturated rings. The molecule has 0 aromatic heterocycles. The van der Waals surface area contributed by atoms with Crippen LogP contribution in [0.1, 0.15) is 12.0 Å². The normalized spacial score (nSPS) is 21.7. The molecule has 120 valence electrons. The van der Waals surface area contributed by atoms with E-state index in [-0.39, 0.29) is 18.7 Å². The third kappa shape index (κ3) is 3.98. The van der Waals surface area contributed by atoms with E-state index >= 15 is 0 Å². The minimum Gasteiger partial charge on any atom is -0.481 e. The fraction of sp³-hybridized carbons (Fsp3) is 0.500. The van der Waals surface area contributed by atoms with Crippen LogP contribution in [-0.2, 0) is 16.1 Å². The lowest BCUT2D eigenvalue weighted by atomic mass is 9.91. The third-order valence-electron chi connectivity index (χ3n) is 4.03. The number of likely N-dealkylation sites (tertiary alicyclic amines) is 1. The summed E-state index contributed by atoms with van der Waals surface area (Å²) >= 11 is 0. The number of hydrogen-bond acceptors (Lipinski definition) is 4. The Labute approximate surface area is 130 Å². The van der Waals surface area contributed by atoms with Gasteiger partial charge in [0.25, 0.3) is 0 Å². The maximum Gasteiger partial charge on any atom is 0.410 e. The summed E-state index contributed by atoms with van der Waals surface area (Å²) in [4.78, 5) is 26.9. The van der Waals surface area contributed by atoms with Crippen LogP contribution in [0.4, 0.5) is 4.79 Å². The molecular formula is C16H22N2O4. The highest BCUT2D eigenvalue weighted by molar-refractivity contribution is 5.72. The maximum atomic E-state index is 12.2. The lowest BCUT2D eigenvalue weighted by Crippen LogP contribution is -2.54. The van der Waals surface area contributed by atoms with Gasteiger partial charge in [0, 0.05) is 19.1 Å². The van der Waals surface area contributed by atoms with Gasteiger partial charge in [0.05, 0.1) is 5.92 Å². The SMILES string of the molecule is CN(C)[C@@H]1CN(C(=O)OCc2ccccc2)CC[C@@H]1C(=O)O. The molecule has 1 aromatic carbocycles. The summed E-state index contributed by atoms with van der Waals surface area (Å²) in [5.74, 6) is -1.26. The molecule has 0 spiro atoms. The molecule has 1 aromatic rings. The van der Waals surface area contributed by atoms with Crippen LogP contribution in [0.25, 0.3) is 0 Å². The van der Waals surface area contributed by atoms with Crippen LogP contribution in [0.2, 0.25) is 0 Å². The van der Waals surface area contributed by atoms with Crippen molar-refractivity contribution in [2.45, 2.75) is 19.1 Å². The number of rotatable bonds is 4. The topological polar surface area (TPSA) is 70.1 Å². The molecule has 0 bridgehead atoms. The molecule has 1 saturated heterocycles. The Morgan fingerprint density at radius 1 is 1.32 bits per heavy atom. The molecule has 6 heteroatoms. The molecule has 1 amide bonds. The molecule has 22 heavy (non-hydrogen) atoms. The second kappa shape index (κ2) is 7.26. The highest BCUT2D eigenvalue weighted by Gasteiger charge is 2.37. The van der Waals surface area contributed by atoms with Crippen LogP contribution in [0, 0.1) is 5.92 Å². The first-order valence-corrected chi connectivity index (χ1v) is 7.34. The number of nitrogens with zero attached hydrogens (tertiary/aromatic N) is 2. The molecule has 2 rings (SSSR count). The smallest absolute Gasteiger partial charge is 0.410 e. The van der Waals surface area contributed by atoms with Crippen molar-refractivity contribution in [2.75, 3.05) is 27.2 Å². The zero-order valence-electron chi connectivity index (χ0n) is 12.9. The summed E-state index contributed by atoms with van der Waals surface area (Å²) in [7, 11) is 3.67. The molecule has 6 nitrogen and oxygen atoms in total. The van der Waals surface area contributed by atoms with Crippen LogP contribution >= 0.6 is 0 Å². The number of hydrogen-bond donors (Lipinski definition) is 1. The number of carbonyl (C=O) groups excluding carboxylic acids is 1. The molecule has 1 heterocycles. The number of amides is 1. The van der Waals surface area contributed by atoms with Crippen LogP contribution in [0.5, 0.6) is 0 Å². The zero-order valence-corrected chi connectivity index (χ0v) is 12.9. The Balaban J connectivity index is 1.92. The predicted molar refractivity (Wildman–Crippen MR) is 81.4 cm³/mol. The molecule has 0 unspecified atom stereocenters. The lowest BCUT2D eigenvalue weighted by molar-refractivity contribution is -0.146. The van der Waals surface area contributed by atoms with E-state index in [0.717, 1.165) is 5.56 Å². The Hall–Kier alpha value is -2.08. The second-order valence-corrected chi connectivity index (χ2v) is 5.75. The van der Waals surface area contributed by atoms with Crippen molar-refractivity contribution < 1.29 is 19.4 Å².